The average molecular weight is 219 g/mol. The Morgan fingerprint density at radius 1 is 1.21 bits per heavy atom. The molecular formula is C10H21NO2S. The maximum atomic E-state index is 11.7. The van der Waals surface area contributed by atoms with Crippen molar-refractivity contribution in [3.05, 3.63) is 0 Å². The van der Waals surface area contributed by atoms with Crippen molar-refractivity contribution in [2.45, 2.75) is 52.0 Å². The molecule has 0 amide bonds. The summed E-state index contributed by atoms with van der Waals surface area (Å²) in [5, 5.41) is 0. The smallest absolute Gasteiger partial charge is 0.212 e. The Morgan fingerprint density at radius 2 is 1.79 bits per heavy atom. The molecule has 0 unspecified atom stereocenters. The van der Waals surface area contributed by atoms with Gasteiger partial charge in [0.25, 0.3) is 0 Å². The summed E-state index contributed by atoms with van der Waals surface area (Å²) in [6.45, 7) is 4.98. The van der Waals surface area contributed by atoms with E-state index in [1.807, 2.05) is 0 Å². The zero-order valence-electron chi connectivity index (χ0n) is 9.20. The Balaban J connectivity index is 2.67. The lowest BCUT2D eigenvalue weighted by molar-refractivity contribution is 0.304. The van der Waals surface area contributed by atoms with Crippen LogP contribution >= 0.6 is 0 Å². The van der Waals surface area contributed by atoms with Gasteiger partial charge in [-0.15, -0.1) is 0 Å². The first-order valence-electron chi connectivity index (χ1n) is 5.61. The van der Waals surface area contributed by atoms with Gasteiger partial charge in [-0.25, -0.2) is 8.42 Å². The van der Waals surface area contributed by atoms with Crippen molar-refractivity contribution in [1.29, 1.82) is 0 Å². The minimum absolute atomic E-state index is 0.262. The van der Waals surface area contributed by atoms with Crippen LogP contribution in [0.2, 0.25) is 0 Å². The van der Waals surface area contributed by atoms with Gasteiger partial charge in [-0.2, -0.15) is 4.31 Å². The van der Waals surface area contributed by atoms with Crippen molar-refractivity contribution < 1.29 is 8.42 Å². The van der Waals surface area contributed by atoms with Crippen LogP contribution in [0, 0.1) is 0 Å². The zero-order valence-corrected chi connectivity index (χ0v) is 10.0. The maximum Gasteiger partial charge on any atom is 0.214 e. The first-order chi connectivity index (χ1) is 6.61. The van der Waals surface area contributed by atoms with Crippen LogP contribution in [0.4, 0.5) is 0 Å². The van der Waals surface area contributed by atoms with Crippen LogP contribution in [0.25, 0.3) is 0 Å². The van der Waals surface area contributed by atoms with Crippen LogP contribution in [0.3, 0.4) is 0 Å². The number of nitrogens with zero attached hydrogens (tertiary/aromatic N) is 1. The van der Waals surface area contributed by atoms with Gasteiger partial charge in [-0.05, 0) is 19.3 Å². The molecule has 0 saturated carbocycles. The average Bonchev–Trinajstić information content (AvgIpc) is 2.45. The van der Waals surface area contributed by atoms with Gasteiger partial charge in [0.15, 0.2) is 0 Å². The molecule has 0 spiro atoms. The first-order valence-corrected chi connectivity index (χ1v) is 7.22. The SMILES string of the molecule is CCCC(CCC)N1CCCS1(=O)=O. The normalized spacial score (nSPS) is 21.9. The van der Waals surface area contributed by atoms with Crippen LogP contribution < -0.4 is 0 Å². The number of sulfonamides is 1. The molecule has 84 valence electrons. The quantitative estimate of drug-likeness (QED) is 0.709. The molecule has 0 atom stereocenters. The summed E-state index contributed by atoms with van der Waals surface area (Å²) in [5.41, 5.74) is 0. The molecular weight excluding hydrogens is 198 g/mol. The zero-order chi connectivity index (χ0) is 10.6. The third kappa shape index (κ3) is 2.70. The topological polar surface area (TPSA) is 37.4 Å². The van der Waals surface area contributed by atoms with Crippen LogP contribution in [0.15, 0.2) is 0 Å². The predicted octanol–water partition coefficient (Wildman–Crippen LogP) is 1.99. The summed E-state index contributed by atoms with van der Waals surface area (Å²) in [5.74, 6) is 0.358. The molecule has 0 aromatic rings. The molecule has 1 rings (SSSR count). The fraction of sp³-hybridized carbons (Fsp3) is 1.00. The molecule has 0 aromatic heterocycles. The van der Waals surface area contributed by atoms with E-state index < -0.39 is 10.0 Å². The van der Waals surface area contributed by atoms with Crippen molar-refractivity contribution in [2.75, 3.05) is 12.3 Å². The van der Waals surface area contributed by atoms with E-state index in [1.54, 1.807) is 4.31 Å². The summed E-state index contributed by atoms with van der Waals surface area (Å²) in [4.78, 5) is 0. The van der Waals surface area contributed by atoms with Gasteiger partial charge in [0, 0.05) is 12.6 Å². The van der Waals surface area contributed by atoms with E-state index in [9.17, 15) is 8.42 Å². The molecule has 1 heterocycles. The highest BCUT2D eigenvalue weighted by Crippen LogP contribution is 2.22. The lowest BCUT2D eigenvalue weighted by atomic mass is 10.1. The standard InChI is InChI=1S/C10H21NO2S/c1-3-6-10(7-4-2)11-8-5-9-14(11,12)13/h10H,3-9H2,1-2H3. The molecule has 1 saturated heterocycles. The van der Waals surface area contributed by atoms with E-state index in [0.717, 1.165) is 38.6 Å². The summed E-state index contributed by atoms with van der Waals surface area (Å²) in [6.07, 6.45) is 4.96. The minimum Gasteiger partial charge on any atom is -0.212 e. The first kappa shape index (κ1) is 12.0. The van der Waals surface area contributed by atoms with Gasteiger partial charge in [0.05, 0.1) is 5.75 Å². The number of hydrogen-bond acceptors (Lipinski definition) is 2. The third-order valence-corrected chi connectivity index (χ3v) is 4.79. The Bertz CT molecular complexity index is 255. The van der Waals surface area contributed by atoms with Crippen molar-refractivity contribution in [1.82, 2.24) is 4.31 Å². The molecule has 1 aliphatic rings. The molecule has 3 nitrogen and oxygen atoms in total. The second-order valence-electron chi connectivity index (χ2n) is 4.01. The van der Waals surface area contributed by atoms with Crippen molar-refractivity contribution in [2.24, 2.45) is 0 Å². The van der Waals surface area contributed by atoms with Crippen molar-refractivity contribution >= 4 is 10.0 Å². The fourth-order valence-corrected chi connectivity index (χ4v) is 3.97. The summed E-state index contributed by atoms with van der Waals surface area (Å²) < 4.78 is 25.1. The lowest BCUT2D eigenvalue weighted by Crippen LogP contribution is -2.36. The second-order valence-corrected chi connectivity index (χ2v) is 6.05. The third-order valence-electron chi connectivity index (χ3n) is 2.79. The monoisotopic (exact) mass is 219 g/mol. The van der Waals surface area contributed by atoms with Crippen LogP contribution in [0.1, 0.15) is 46.0 Å². The van der Waals surface area contributed by atoms with Gasteiger partial charge in [0.1, 0.15) is 0 Å². The molecule has 1 aliphatic heterocycles. The van der Waals surface area contributed by atoms with Gasteiger partial charge in [-0.1, -0.05) is 26.7 Å². The molecule has 1 fully saturated rings. The Kier molecular flexibility index (Phi) is 4.38. The fourth-order valence-electron chi connectivity index (χ4n) is 2.17. The molecule has 0 bridgehead atoms. The lowest BCUT2D eigenvalue weighted by Gasteiger charge is -2.25. The molecule has 0 aromatic carbocycles. The molecule has 0 aliphatic carbocycles. The largest absolute Gasteiger partial charge is 0.214 e. The van der Waals surface area contributed by atoms with E-state index in [0.29, 0.717) is 5.75 Å². The predicted molar refractivity (Wildman–Crippen MR) is 58.7 cm³/mol. The summed E-state index contributed by atoms with van der Waals surface area (Å²) in [6, 6.07) is 0.262. The number of hydrogen-bond donors (Lipinski definition) is 0. The molecule has 0 radical (unpaired) electrons. The maximum absolute atomic E-state index is 11.7. The van der Waals surface area contributed by atoms with Crippen molar-refractivity contribution in [3.8, 4) is 0 Å². The Hall–Kier alpha value is -0.0900. The molecule has 14 heavy (non-hydrogen) atoms. The van der Waals surface area contributed by atoms with E-state index in [1.165, 1.54) is 0 Å². The summed E-state index contributed by atoms with van der Waals surface area (Å²) >= 11 is 0. The van der Waals surface area contributed by atoms with Crippen molar-refractivity contribution in [3.63, 3.8) is 0 Å². The second kappa shape index (κ2) is 5.12. The van der Waals surface area contributed by atoms with Crippen LogP contribution in [-0.2, 0) is 10.0 Å². The highest BCUT2D eigenvalue weighted by atomic mass is 32.2. The summed E-state index contributed by atoms with van der Waals surface area (Å²) in [7, 11) is -2.90. The molecule has 0 N–H and O–H groups in total. The van der Waals surface area contributed by atoms with E-state index in [4.69, 9.17) is 0 Å². The van der Waals surface area contributed by atoms with Gasteiger partial charge >= 0.3 is 0 Å². The van der Waals surface area contributed by atoms with E-state index in [2.05, 4.69) is 13.8 Å². The van der Waals surface area contributed by atoms with E-state index >= 15 is 0 Å². The van der Waals surface area contributed by atoms with Crippen LogP contribution in [-0.4, -0.2) is 31.1 Å². The molecule has 4 heteroatoms. The van der Waals surface area contributed by atoms with Gasteiger partial charge < -0.3 is 0 Å². The van der Waals surface area contributed by atoms with Gasteiger partial charge in [0.2, 0.25) is 10.0 Å². The van der Waals surface area contributed by atoms with Crippen LogP contribution in [0.5, 0.6) is 0 Å². The minimum atomic E-state index is -2.90. The van der Waals surface area contributed by atoms with E-state index in [-0.39, 0.29) is 6.04 Å². The number of rotatable bonds is 5. The van der Waals surface area contributed by atoms with Gasteiger partial charge in [-0.3, -0.25) is 0 Å². The highest BCUT2D eigenvalue weighted by molar-refractivity contribution is 7.89. The Morgan fingerprint density at radius 3 is 2.14 bits per heavy atom. The highest BCUT2D eigenvalue weighted by Gasteiger charge is 2.33. The Labute approximate surface area is 87.5 Å².